The van der Waals surface area contributed by atoms with Gasteiger partial charge in [0, 0.05) is 47.0 Å². The predicted octanol–water partition coefficient (Wildman–Crippen LogP) is 3.39. The van der Waals surface area contributed by atoms with Crippen LogP contribution in [0.15, 0.2) is 60.9 Å². The predicted molar refractivity (Wildman–Crippen MR) is 174 cm³/mol. The first kappa shape index (κ1) is 33.3. The highest BCUT2D eigenvalue weighted by atomic mass is 16.4. The molecule has 3 amide bonds. The molecular formula is C34H44N6O5. The number of nitrogens with two attached hydrogens (primary N) is 1. The first-order chi connectivity index (χ1) is 21.4. The zero-order valence-corrected chi connectivity index (χ0v) is 26.2. The van der Waals surface area contributed by atoms with Gasteiger partial charge in [0.05, 0.1) is 6.04 Å². The fourth-order valence-corrected chi connectivity index (χ4v) is 5.59. The smallest absolute Gasteiger partial charge is 0.326 e. The van der Waals surface area contributed by atoms with E-state index in [4.69, 9.17) is 5.73 Å². The summed E-state index contributed by atoms with van der Waals surface area (Å²) in [4.78, 5) is 59.2. The number of aromatic amines is 2. The minimum atomic E-state index is -1.15. The van der Waals surface area contributed by atoms with E-state index in [1.54, 1.807) is 12.4 Å². The summed E-state index contributed by atoms with van der Waals surface area (Å²) in [5, 5.41) is 19.9. The van der Waals surface area contributed by atoms with E-state index in [0.29, 0.717) is 6.42 Å². The Morgan fingerprint density at radius 2 is 1.09 bits per heavy atom. The summed E-state index contributed by atoms with van der Waals surface area (Å²) in [5.74, 6) is -2.65. The van der Waals surface area contributed by atoms with Crippen molar-refractivity contribution in [3.8, 4) is 0 Å². The lowest BCUT2D eigenvalue weighted by Crippen LogP contribution is -2.58. The molecule has 4 aromatic rings. The number of carbonyl (C=O) groups excluding carboxylic acids is 3. The molecule has 0 radical (unpaired) electrons. The Bertz CT molecular complexity index is 1640. The monoisotopic (exact) mass is 616 g/mol. The van der Waals surface area contributed by atoms with Crippen molar-refractivity contribution < 1.29 is 24.3 Å². The fraction of sp³-hybridized carbons (Fsp3) is 0.412. The van der Waals surface area contributed by atoms with E-state index in [1.165, 1.54) is 0 Å². The van der Waals surface area contributed by atoms with Crippen LogP contribution in [0, 0.1) is 11.8 Å². The van der Waals surface area contributed by atoms with Gasteiger partial charge in [-0.25, -0.2) is 4.79 Å². The number of amides is 3. The normalized spacial score (nSPS) is 14.3. The molecule has 11 nitrogen and oxygen atoms in total. The van der Waals surface area contributed by atoms with Gasteiger partial charge in [-0.05, 0) is 47.9 Å². The number of para-hydroxylation sites is 2. The first-order valence-corrected chi connectivity index (χ1v) is 15.4. The molecule has 0 bridgehead atoms. The average Bonchev–Trinajstić information content (AvgIpc) is 3.59. The zero-order valence-electron chi connectivity index (χ0n) is 26.2. The van der Waals surface area contributed by atoms with Gasteiger partial charge in [0.1, 0.15) is 18.1 Å². The molecular weight excluding hydrogens is 572 g/mol. The summed E-state index contributed by atoms with van der Waals surface area (Å²) in [7, 11) is 0. The Hall–Kier alpha value is -4.64. The number of nitrogens with one attached hydrogen (secondary N) is 5. The van der Waals surface area contributed by atoms with Crippen molar-refractivity contribution in [1.82, 2.24) is 25.9 Å². The van der Waals surface area contributed by atoms with Gasteiger partial charge in [0.25, 0.3) is 0 Å². The van der Waals surface area contributed by atoms with Crippen molar-refractivity contribution >= 4 is 45.5 Å². The van der Waals surface area contributed by atoms with Crippen molar-refractivity contribution in [2.75, 3.05) is 0 Å². The van der Waals surface area contributed by atoms with E-state index >= 15 is 0 Å². The van der Waals surface area contributed by atoms with Crippen LogP contribution in [0.25, 0.3) is 21.8 Å². The molecule has 4 rings (SSSR count). The van der Waals surface area contributed by atoms with Gasteiger partial charge in [-0.2, -0.15) is 0 Å². The third kappa shape index (κ3) is 8.72. The molecule has 0 saturated carbocycles. The number of rotatable bonds is 15. The van der Waals surface area contributed by atoms with Crippen LogP contribution in [-0.4, -0.2) is 62.9 Å². The highest BCUT2D eigenvalue weighted by molar-refractivity contribution is 5.95. The van der Waals surface area contributed by atoms with Crippen LogP contribution < -0.4 is 21.7 Å². The van der Waals surface area contributed by atoms with Crippen molar-refractivity contribution in [3.63, 3.8) is 0 Å². The standard InChI is InChI=1S/C34H44N6O5/c1-19(2)13-25(35)31(41)38-28(15-21-17-36-26-11-7-5-9-23(21)26)32(42)39-29(33(43)40-30(34(44)45)14-20(3)4)16-22-18-37-27-12-8-6-10-24(22)27/h5-12,17-20,25,28-30,36-37H,13-16,35H2,1-4H3,(H,38,41)(H,39,42)(H,40,43)(H,44,45). The van der Waals surface area contributed by atoms with Crippen LogP contribution in [0.5, 0.6) is 0 Å². The lowest BCUT2D eigenvalue weighted by Gasteiger charge is -2.26. The number of hydrogen-bond donors (Lipinski definition) is 7. The molecule has 2 aromatic heterocycles. The molecule has 2 heterocycles. The Balaban J connectivity index is 1.64. The second-order valence-electron chi connectivity index (χ2n) is 12.5. The van der Waals surface area contributed by atoms with Crippen LogP contribution >= 0.6 is 0 Å². The van der Waals surface area contributed by atoms with Gasteiger partial charge >= 0.3 is 5.97 Å². The van der Waals surface area contributed by atoms with E-state index in [0.717, 1.165) is 32.9 Å². The van der Waals surface area contributed by atoms with E-state index < -0.39 is 47.9 Å². The molecule has 0 aliphatic carbocycles. The van der Waals surface area contributed by atoms with Crippen molar-refractivity contribution in [3.05, 3.63) is 72.1 Å². The van der Waals surface area contributed by atoms with E-state index in [2.05, 4.69) is 25.9 Å². The number of benzene rings is 2. The summed E-state index contributed by atoms with van der Waals surface area (Å²) in [5.41, 5.74) is 9.51. The summed E-state index contributed by atoms with van der Waals surface area (Å²) in [6.07, 6.45) is 4.46. The van der Waals surface area contributed by atoms with Gasteiger partial charge in [-0.1, -0.05) is 64.1 Å². The van der Waals surface area contributed by atoms with Gasteiger partial charge in [0.2, 0.25) is 17.7 Å². The van der Waals surface area contributed by atoms with Crippen molar-refractivity contribution in [2.24, 2.45) is 17.6 Å². The number of H-pyrrole nitrogens is 2. The van der Waals surface area contributed by atoms with Gasteiger partial charge in [-0.15, -0.1) is 0 Å². The van der Waals surface area contributed by atoms with Crippen molar-refractivity contribution in [2.45, 2.75) is 77.5 Å². The maximum atomic E-state index is 14.0. The second-order valence-corrected chi connectivity index (χ2v) is 12.5. The molecule has 0 fully saturated rings. The third-order valence-electron chi connectivity index (χ3n) is 7.85. The van der Waals surface area contributed by atoms with Crippen LogP contribution in [0.2, 0.25) is 0 Å². The average molecular weight is 617 g/mol. The molecule has 0 saturated heterocycles. The Morgan fingerprint density at radius 1 is 0.667 bits per heavy atom. The quantitative estimate of drug-likeness (QED) is 0.107. The van der Waals surface area contributed by atoms with Gasteiger partial charge in [0.15, 0.2) is 0 Å². The lowest BCUT2D eigenvalue weighted by molar-refractivity contribution is -0.142. The third-order valence-corrected chi connectivity index (χ3v) is 7.85. The van der Waals surface area contributed by atoms with Crippen LogP contribution in [-0.2, 0) is 32.0 Å². The lowest BCUT2D eigenvalue weighted by atomic mass is 9.99. The van der Waals surface area contributed by atoms with Crippen LogP contribution in [0.3, 0.4) is 0 Å². The molecule has 2 aromatic carbocycles. The Kier molecular flexibility index (Phi) is 11.0. The zero-order chi connectivity index (χ0) is 32.7. The highest BCUT2D eigenvalue weighted by Crippen LogP contribution is 2.21. The van der Waals surface area contributed by atoms with Gasteiger partial charge in [-0.3, -0.25) is 14.4 Å². The summed E-state index contributed by atoms with van der Waals surface area (Å²) in [6.45, 7) is 7.66. The summed E-state index contributed by atoms with van der Waals surface area (Å²) in [6, 6.07) is 11.1. The maximum absolute atomic E-state index is 14.0. The van der Waals surface area contributed by atoms with Crippen molar-refractivity contribution in [1.29, 1.82) is 0 Å². The number of carboxylic acids is 1. The molecule has 4 atom stereocenters. The molecule has 0 aliphatic rings. The van der Waals surface area contributed by atoms with E-state index in [9.17, 15) is 24.3 Å². The Labute approximate surface area is 262 Å². The molecule has 11 heteroatoms. The molecule has 45 heavy (non-hydrogen) atoms. The minimum absolute atomic E-state index is 0.0128. The SMILES string of the molecule is CC(C)CC(N)C(=O)NC(Cc1c[nH]c2ccccc12)C(=O)NC(Cc1c[nH]c2ccccc12)C(=O)NC(CC(C)C)C(=O)O. The van der Waals surface area contributed by atoms with E-state index in [-0.39, 0.29) is 31.1 Å². The first-order valence-electron chi connectivity index (χ1n) is 15.4. The molecule has 0 spiro atoms. The number of aliphatic carboxylic acids is 1. The highest BCUT2D eigenvalue weighted by Gasteiger charge is 2.32. The molecule has 4 unspecified atom stereocenters. The number of aromatic nitrogens is 2. The largest absolute Gasteiger partial charge is 0.480 e. The topological polar surface area (TPSA) is 182 Å². The minimum Gasteiger partial charge on any atom is -0.480 e. The van der Waals surface area contributed by atoms with E-state index in [1.807, 2.05) is 76.2 Å². The summed E-state index contributed by atoms with van der Waals surface area (Å²) >= 11 is 0. The number of carbonyl (C=O) groups is 4. The van der Waals surface area contributed by atoms with Crippen LogP contribution in [0.4, 0.5) is 0 Å². The maximum Gasteiger partial charge on any atom is 0.326 e. The molecule has 0 aliphatic heterocycles. The van der Waals surface area contributed by atoms with Gasteiger partial charge < -0.3 is 36.8 Å². The Morgan fingerprint density at radius 3 is 1.53 bits per heavy atom. The number of carboxylic acid groups (broad SMARTS) is 1. The fourth-order valence-electron chi connectivity index (χ4n) is 5.59. The summed E-state index contributed by atoms with van der Waals surface area (Å²) < 4.78 is 0. The second kappa shape index (κ2) is 14.9. The number of hydrogen-bond acceptors (Lipinski definition) is 5. The molecule has 240 valence electrons. The van der Waals surface area contributed by atoms with Crippen LogP contribution in [0.1, 0.15) is 51.7 Å². The molecule has 8 N–H and O–H groups in total. The number of fused-ring (bicyclic) bond motifs is 2.